The molecule has 0 aromatic heterocycles. The van der Waals surface area contributed by atoms with E-state index in [4.69, 9.17) is 11.6 Å². The molecule has 1 unspecified atom stereocenters. The Bertz CT molecular complexity index is 595. The Balaban J connectivity index is 1.76. The van der Waals surface area contributed by atoms with Crippen molar-refractivity contribution in [2.75, 3.05) is 0 Å². The first-order valence-corrected chi connectivity index (χ1v) is 7.73. The Morgan fingerprint density at radius 2 is 1.62 bits per heavy atom. The summed E-state index contributed by atoms with van der Waals surface area (Å²) < 4.78 is 0. The Morgan fingerprint density at radius 3 is 2.19 bits per heavy atom. The van der Waals surface area contributed by atoms with Gasteiger partial charge in [-0.3, -0.25) is 4.79 Å². The Morgan fingerprint density at radius 1 is 1.05 bits per heavy atom. The molecule has 1 aliphatic carbocycles. The second-order valence-electron chi connectivity index (χ2n) is 5.46. The largest absolute Gasteiger partial charge is 0.334 e. The maximum Gasteiger partial charge on any atom is 0.245 e. The highest BCUT2D eigenvalue weighted by Crippen LogP contribution is 2.33. The molecule has 2 nitrogen and oxygen atoms in total. The predicted octanol–water partition coefficient (Wildman–Crippen LogP) is 4.16. The van der Waals surface area contributed by atoms with E-state index in [-0.39, 0.29) is 5.91 Å². The van der Waals surface area contributed by atoms with Crippen LogP contribution < -0.4 is 0 Å². The number of rotatable bonds is 5. The molecule has 108 valence electrons. The van der Waals surface area contributed by atoms with E-state index < -0.39 is 5.38 Å². The second kappa shape index (κ2) is 6.31. The van der Waals surface area contributed by atoms with Crippen LogP contribution >= 0.6 is 11.6 Å². The van der Waals surface area contributed by atoms with Crippen LogP contribution in [0.5, 0.6) is 0 Å². The molecule has 21 heavy (non-hydrogen) atoms. The summed E-state index contributed by atoms with van der Waals surface area (Å²) in [7, 11) is 0. The van der Waals surface area contributed by atoms with Crippen LogP contribution in [0.1, 0.15) is 29.3 Å². The van der Waals surface area contributed by atoms with E-state index >= 15 is 0 Å². The predicted molar refractivity (Wildman–Crippen MR) is 85.1 cm³/mol. The highest BCUT2D eigenvalue weighted by Gasteiger charge is 2.35. The van der Waals surface area contributed by atoms with Gasteiger partial charge in [0.25, 0.3) is 0 Å². The van der Waals surface area contributed by atoms with Crippen molar-refractivity contribution < 1.29 is 4.79 Å². The first-order chi connectivity index (χ1) is 10.3. The van der Waals surface area contributed by atoms with E-state index in [1.54, 1.807) is 0 Å². The molecule has 0 radical (unpaired) electrons. The average Bonchev–Trinajstić information content (AvgIpc) is 3.38. The standard InChI is InChI=1S/C18H18ClNO/c19-17(15-9-5-2-6-10-15)18(21)20(16-11-12-16)13-14-7-3-1-4-8-14/h1-10,16-17H,11-13H2. The van der Waals surface area contributed by atoms with E-state index in [1.807, 2.05) is 53.4 Å². The van der Waals surface area contributed by atoms with Crippen LogP contribution in [0.15, 0.2) is 60.7 Å². The van der Waals surface area contributed by atoms with Gasteiger partial charge in [-0.2, -0.15) is 0 Å². The average molecular weight is 300 g/mol. The van der Waals surface area contributed by atoms with Crippen molar-refractivity contribution >= 4 is 17.5 Å². The van der Waals surface area contributed by atoms with E-state index in [2.05, 4.69) is 12.1 Å². The van der Waals surface area contributed by atoms with Gasteiger partial charge in [-0.15, -0.1) is 11.6 Å². The monoisotopic (exact) mass is 299 g/mol. The molecule has 2 aromatic rings. The van der Waals surface area contributed by atoms with Crippen LogP contribution in [0.3, 0.4) is 0 Å². The molecule has 3 rings (SSSR count). The molecule has 0 heterocycles. The molecule has 0 bridgehead atoms. The Hall–Kier alpha value is -1.80. The quantitative estimate of drug-likeness (QED) is 0.759. The molecule has 0 N–H and O–H groups in total. The SMILES string of the molecule is O=C(C(Cl)c1ccccc1)N(Cc1ccccc1)C1CC1. The van der Waals surface area contributed by atoms with Crippen molar-refractivity contribution in [2.24, 2.45) is 0 Å². The number of hydrogen-bond acceptors (Lipinski definition) is 1. The van der Waals surface area contributed by atoms with Crippen molar-refractivity contribution in [3.8, 4) is 0 Å². The lowest BCUT2D eigenvalue weighted by atomic mass is 10.1. The molecule has 2 aromatic carbocycles. The van der Waals surface area contributed by atoms with Gasteiger partial charge in [-0.1, -0.05) is 60.7 Å². The molecule has 0 spiro atoms. The van der Waals surface area contributed by atoms with E-state index in [0.717, 1.165) is 24.0 Å². The number of hydrogen-bond donors (Lipinski definition) is 0. The molecule has 3 heteroatoms. The fourth-order valence-corrected chi connectivity index (χ4v) is 2.73. The van der Waals surface area contributed by atoms with Gasteiger partial charge < -0.3 is 4.90 Å². The van der Waals surface area contributed by atoms with Crippen molar-refractivity contribution in [3.05, 3.63) is 71.8 Å². The highest BCUT2D eigenvalue weighted by atomic mass is 35.5. The maximum atomic E-state index is 12.7. The van der Waals surface area contributed by atoms with Crippen LogP contribution in [0.2, 0.25) is 0 Å². The summed E-state index contributed by atoms with van der Waals surface area (Å²) in [4.78, 5) is 14.7. The minimum absolute atomic E-state index is 0.00854. The summed E-state index contributed by atoms with van der Waals surface area (Å²) in [5.41, 5.74) is 2.01. The highest BCUT2D eigenvalue weighted by molar-refractivity contribution is 6.30. The van der Waals surface area contributed by atoms with Crippen molar-refractivity contribution in [1.29, 1.82) is 0 Å². The lowest BCUT2D eigenvalue weighted by Crippen LogP contribution is -2.35. The number of nitrogens with zero attached hydrogens (tertiary/aromatic N) is 1. The summed E-state index contributed by atoms with van der Waals surface area (Å²) >= 11 is 6.40. The fourth-order valence-electron chi connectivity index (χ4n) is 2.46. The molecule has 1 fully saturated rings. The second-order valence-corrected chi connectivity index (χ2v) is 5.89. The summed E-state index contributed by atoms with van der Waals surface area (Å²) in [5.74, 6) is 0.00854. The Kier molecular flexibility index (Phi) is 4.26. The van der Waals surface area contributed by atoms with E-state index in [1.165, 1.54) is 0 Å². The van der Waals surface area contributed by atoms with Crippen LogP contribution in [0.4, 0.5) is 0 Å². The van der Waals surface area contributed by atoms with Crippen LogP contribution in [-0.2, 0) is 11.3 Å². The molecule has 1 aliphatic rings. The topological polar surface area (TPSA) is 20.3 Å². The number of carbonyl (C=O) groups excluding carboxylic acids is 1. The first-order valence-electron chi connectivity index (χ1n) is 7.29. The van der Waals surface area contributed by atoms with Gasteiger partial charge in [0.2, 0.25) is 5.91 Å². The first kappa shape index (κ1) is 14.2. The number of amides is 1. The van der Waals surface area contributed by atoms with Crippen molar-refractivity contribution in [3.63, 3.8) is 0 Å². The molecule has 0 aliphatic heterocycles. The molecular formula is C18H18ClNO. The zero-order valence-electron chi connectivity index (χ0n) is 11.8. The summed E-state index contributed by atoms with van der Waals surface area (Å²) in [6.07, 6.45) is 2.16. The fraction of sp³-hybridized carbons (Fsp3) is 0.278. The normalized spacial score (nSPS) is 15.5. The smallest absolute Gasteiger partial charge is 0.245 e. The molecule has 1 amide bonds. The van der Waals surface area contributed by atoms with Gasteiger partial charge in [0.15, 0.2) is 0 Å². The van der Waals surface area contributed by atoms with Gasteiger partial charge in [0.05, 0.1) is 0 Å². The van der Waals surface area contributed by atoms with Gasteiger partial charge >= 0.3 is 0 Å². The van der Waals surface area contributed by atoms with Crippen molar-refractivity contribution in [2.45, 2.75) is 30.8 Å². The van der Waals surface area contributed by atoms with Gasteiger partial charge in [-0.25, -0.2) is 0 Å². The molecule has 0 saturated heterocycles. The minimum atomic E-state index is -0.601. The minimum Gasteiger partial charge on any atom is -0.334 e. The number of carbonyl (C=O) groups is 1. The van der Waals surface area contributed by atoms with Gasteiger partial charge in [-0.05, 0) is 24.0 Å². The summed E-state index contributed by atoms with van der Waals surface area (Å²) in [5, 5.41) is -0.601. The maximum absolute atomic E-state index is 12.7. The zero-order valence-corrected chi connectivity index (χ0v) is 12.5. The zero-order chi connectivity index (χ0) is 14.7. The van der Waals surface area contributed by atoms with E-state index in [9.17, 15) is 4.79 Å². The van der Waals surface area contributed by atoms with Crippen LogP contribution in [0, 0.1) is 0 Å². The van der Waals surface area contributed by atoms with Gasteiger partial charge in [0.1, 0.15) is 5.38 Å². The third kappa shape index (κ3) is 3.45. The molecule has 1 atom stereocenters. The number of benzene rings is 2. The summed E-state index contributed by atoms with van der Waals surface area (Å²) in [6.45, 7) is 0.639. The van der Waals surface area contributed by atoms with Crippen molar-refractivity contribution in [1.82, 2.24) is 4.90 Å². The van der Waals surface area contributed by atoms with Gasteiger partial charge in [0, 0.05) is 12.6 Å². The van der Waals surface area contributed by atoms with Crippen LogP contribution in [0.25, 0.3) is 0 Å². The molecule has 1 saturated carbocycles. The summed E-state index contributed by atoms with van der Waals surface area (Å²) in [6, 6.07) is 20.0. The number of alkyl halides is 1. The lowest BCUT2D eigenvalue weighted by molar-refractivity contribution is -0.132. The Labute approximate surface area is 130 Å². The lowest BCUT2D eigenvalue weighted by Gasteiger charge is -2.25. The third-order valence-corrected chi connectivity index (χ3v) is 4.21. The number of halogens is 1. The molecular weight excluding hydrogens is 282 g/mol. The van der Waals surface area contributed by atoms with Crippen LogP contribution in [-0.4, -0.2) is 16.8 Å². The third-order valence-electron chi connectivity index (χ3n) is 3.78. The van der Waals surface area contributed by atoms with E-state index in [0.29, 0.717) is 12.6 Å².